The highest BCUT2D eigenvalue weighted by Gasteiger charge is 2.27. The second-order valence-corrected chi connectivity index (χ2v) is 5.18. The predicted molar refractivity (Wildman–Crippen MR) is 77.3 cm³/mol. The van der Waals surface area contributed by atoms with Crippen molar-refractivity contribution >= 4 is 5.82 Å². The third-order valence-corrected chi connectivity index (χ3v) is 3.75. The van der Waals surface area contributed by atoms with E-state index in [9.17, 15) is 0 Å². The molecule has 0 saturated carbocycles. The lowest BCUT2D eigenvalue weighted by Gasteiger charge is -2.23. The molecular weight excluding hydrogens is 252 g/mol. The first kappa shape index (κ1) is 13.1. The van der Waals surface area contributed by atoms with Crippen molar-refractivity contribution in [2.75, 3.05) is 18.9 Å². The Morgan fingerprint density at radius 1 is 1.45 bits per heavy atom. The second kappa shape index (κ2) is 5.58. The molecule has 1 saturated heterocycles. The second-order valence-electron chi connectivity index (χ2n) is 5.18. The van der Waals surface area contributed by atoms with Gasteiger partial charge in [-0.25, -0.2) is 15.0 Å². The van der Waals surface area contributed by atoms with Crippen LogP contribution in [0.1, 0.15) is 36.1 Å². The molecule has 0 aromatic carbocycles. The van der Waals surface area contributed by atoms with E-state index in [-0.39, 0.29) is 0 Å². The van der Waals surface area contributed by atoms with Crippen molar-refractivity contribution in [1.82, 2.24) is 24.8 Å². The highest BCUT2D eigenvalue weighted by Crippen LogP contribution is 2.32. The van der Waals surface area contributed by atoms with Gasteiger partial charge in [0.1, 0.15) is 11.6 Å². The molecule has 3 heterocycles. The number of likely N-dealkylation sites (tertiary alicyclic amines) is 1. The number of aromatic nitrogens is 4. The molecule has 0 radical (unpaired) electrons. The molecule has 6 nitrogen and oxygen atoms in total. The molecule has 20 heavy (non-hydrogen) atoms. The van der Waals surface area contributed by atoms with Gasteiger partial charge in [0.05, 0.1) is 18.1 Å². The Morgan fingerprint density at radius 2 is 2.35 bits per heavy atom. The van der Waals surface area contributed by atoms with E-state index < -0.39 is 0 Å². The van der Waals surface area contributed by atoms with E-state index in [0.717, 1.165) is 42.5 Å². The first-order chi connectivity index (χ1) is 9.76. The number of rotatable bonds is 4. The standard InChI is InChI=1S/C14H20N6/c1-10-18-12(6-14(15-2)19-10)13-4-3-5-20(13)8-11-7-16-9-17-11/h6-7,9,13H,3-5,8H2,1-2H3,(H,16,17)(H,15,18,19). The van der Waals surface area contributed by atoms with Crippen LogP contribution >= 0.6 is 0 Å². The topological polar surface area (TPSA) is 69.7 Å². The van der Waals surface area contributed by atoms with Crippen molar-refractivity contribution in [3.8, 4) is 0 Å². The Kier molecular flexibility index (Phi) is 3.64. The maximum atomic E-state index is 4.62. The molecule has 1 aliphatic heterocycles. The fourth-order valence-electron chi connectivity index (χ4n) is 2.83. The summed E-state index contributed by atoms with van der Waals surface area (Å²) < 4.78 is 0. The fraction of sp³-hybridized carbons (Fsp3) is 0.500. The zero-order valence-electron chi connectivity index (χ0n) is 11.9. The van der Waals surface area contributed by atoms with Crippen molar-refractivity contribution in [2.45, 2.75) is 32.4 Å². The van der Waals surface area contributed by atoms with E-state index in [1.165, 1.54) is 6.42 Å². The monoisotopic (exact) mass is 272 g/mol. The van der Waals surface area contributed by atoms with Gasteiger partial charge in [-0.05, 0) is 26.3 Å². The lowest BCUT2D eigenvalue weighted by Crippen LogP contribution is -2.24. The number of aryl methyl sites for hydroxylation is 1. The van der Waals surface area contributed by atoms with E-state index in [1.807, 2.05) is 20.2 Å². The van der Waals surface area contributed by atoms with Gasteiger partial charge in [-0.3, -0.25) is 4.90 Å². The SMILES string of the molecule is CNc1cc(C2CCCN2Cc2cnc[nH]2)nc(C)n1. The number of anilines is 1. The highest BCUT2D eigenvalue weighted by atomic mass is 15.2. The minimum atomic E-state index is 0.368. The van der Waals surface area contributed by atoms with E-state index >= 15 is 0 Å². The van der Waals surface area contributed by atoms with Crippen molar-refractivity contribution < 1.29 is 0 Å². The average molecular weight is 272 g/mol. The van der Waals surface area contributed by atoms with E-state index in [2.05, 4.69) is 36.2 Å². The number of H-pyrrole nitrogens is 1. The van der Waals surface area contributed by atoms with Gasteiger partial charge >= 0.3 is 0 Å². The van der Waals surface area contributed by atoms with Crippen LogP contribution in [0.4, 0.5) is 5.82 Å². The summed E-state index contributed by atoms with van der Waals surface area (Å²) in [7, 11) is 1.89. The maximum Gasteiger partial charge on any atom is 0.129 e. The molecule has 0 bridgehead atoms. The lowest BCUT2D eigenvalue weighted by molar-refractivity contribution is 0.241. The predicted octanol–water partition coefficient (Wildman–Crippen LogP) is 1.89. The summed E-state index contributed by atoms with van der Waals surface area (Å²) in [6.07, 6.45) is 5.97. The first-order valence-corrected chi connectivity index (χ1v) is 7.01. The number of imidazole rings is 1. The minimum absolute atomic E-state index is 0.368. The van der Waals surface area contributed by atoms with Gasteiger partial charge in [-0.1, -0.05) is 0 Å². The normalized spacial score (nSPS) is 19.4. The molecule has 2 N–H and O–H groups in total. The zero-order valence-corrected chi connectivity index (χ0v) is 11.9. The lowest BCUT2D eigenvalue weighted by atomic mass is 10.1. The van der Waals surface area contributed by atoms with Gasteiger partial charge in [0.15, 0.2) is 0 Å². The minimum Gasteiger partial charge on any atom is -0.373 e. The molecule has 1 fully saturated rings. The first-order valence-electron chi connectivity index (χ1n) is 7.01. The quantitative estimate of drug-likeness (QED) is 0.889. The molecule has 0 amide bonds. The van der Waals surface area contributed by atoms with Crippen LogP contribution in [0.15, 0.2) is 18.6 Å². The Hall–Kier alpha value is -1.95. The molecule has 0 spiro atoms. The molecule has 3 rings (SSSR count). The van der Waals surface area contributed by atoms with Crippen LogP contribution in [0.3, 0.4) is 0 Å². The number of nitrogens with zero attached hydrogens (tertiary/aromatic N) is 4. The Morgan fingerprint density at radius 3 is 3.10 bits per heavy atom. The summed E-state index contributed by atoms with van der Waals surface area (Å²) in [4.78, 5) is 18.7. The summed E-state index contributed by atoms with van der Waals surface area (Å²) in [5, 5.41) is 3.11. The largest absolute Gasteiger partial charge is 0.373 e. The van der Waals surface area contributed by atoms with Gasteiger partial charge in [0.25, 0.3) is 0 Å². The third kappa shape index (κ3) is 2.65. The third-order valence-electron chi connectivity index (χ3n) is 3.75. The molecule has 6 heteroatoms. The Labute approximate surface area is 118 Å². The maximum absolute atomic E-state index is 4.62. The molecule has 2 aromatic rings. The van der Waals surface area contributed by atoms with Crippen molar-refractivity contribution in [2.24, 2.45) is 0 Å². The zero-order chi connectivity index (χ0) is 13.9. The van der Waals surface area contributed by atoms with Crippen LogP contribution in [-0.2, 0) is 6.54 Å². The van der Waals surface area contributed by atoms with Gasteiger partial charge in [0.2, 0.25) is 0 Å². The Bertz CT molecular complexity index is 565. The molecular formula is C14H20N6. The fourth-order valence-corrected chi connectivity index (χ4v) is 2.83. The van der Waals surface area contributed by atoms with E-state index in [1.54, 1.807) is 6.33 Å². The molecule has 106 valence electrons. The van der Waals surface area contributed by atoms with Gasteiger partial charge in [0, 0.05) is 31.5 Å². The van der Waals surface area contributed by atoms with Crippen LogP contribution in [0.2, 0.25) is 0 Å². The van der Waals surface area contributed by atoms with Crippen LogP contribution in [0, 0.1) is 6.92 Å². The summed E-state index contributed by atoms with van der Waals surface area (Å²) in [6.45, 7) is 3.93. The van der Waals surface area contributed by atoms with Crippen LogP contribution in [-0.4, -0.2) is 38.4 Å². The summed E-state index contributed by atoms with van der Waals surface area (Å²) in [6, 6.07) is 2.43. The molecule has 1 unspecified atom stereocenters. The van der Waals surface area contributed by atoms with E-state index in [4.69, 9.17) is 0 Å². The smallest absolute Gasteiger partial charge is 0.129 e. The summed E-state index contributed by atoms with van der Waals surface area (Å²) in [5.74, 6) is 1.71. The number of aromatic amines is 1. The molecule has 0 aliphatic carbocycles. The van der Waals surface area contributed by atoms with Crippen molar-refractivity contribution in [3.05, 3.63) is 35.8 Å². The highest BCUT2D eigenvalue weighted by molar-refractivity contribution is 5.36. The van der Waals surface area contributed by atoms with Crippen molar-refractivity contribution in [1.29, 1.82) is 0 Å². The molecule has 2 aromatic heterocycles. The van der Waals surface area contributed by atoms with Crippen LogP contribution in [0.5, 0.6) is 0 Å². The summed E-state index contributed by atoms with van der Waals surface area (Å²) in [5.41, 5.74) is 2.26. The van der Waals surface area contributed by atoms with Gasteiger partial charge in [-0.2, -0.15) is 0 Å². The average Bonchev–Trinajstić information content (AvgIpc) is 3.10. The summed E-state index contributed by atoms with van der Waals surface area (Å²) >= 11 is 0. The molecule has 1 atom stereocenters. The van der Waals surface area contributed by atoms with Crippen LogP contribution < -0.4 is 5.32 Å². The molecule has 1 aliphatic rings. The number of hydrogen-bond donors (Lipinski definition) is 2. The number of hydrogen-bond acceptors (Lipinski definition) is 5. The van der Waals surface area contributed by atoms with Gasteiger partial charge in [-0.15, -0.1) is 0 Å². The van der Waals surface area contributed by atoms with Crippen molar-refractivity contribution in [3.63, 3.8) is 0 Å². The van der Waals surface area contributed by atoms with E-state index in [0.29, 0.717) is 6.04 Å². The van der Waals surface area contributed by atoms with Crippen LogP contribution in [0.25, 0.3) is 0 Å². The number of nitrogens with one attached hydrogen (secondary N) is 2. The van der Waals surface area contributed by atoms with Gasteiger partial charge < -0.3 is 10.3 Å². The Balaban J connectivity index is 1.82.